The molecule has 0 heterocycles. The van der Waals surface area contributed by atoms with Crippen LogP contribution < -0.4 is 0 Å². The summed E-state index contributed by atoms with van der Waals surface area (Å²) in [6.07, 6.45) is 9.27. The number of allylic oxidation sites excluding steroid dienone is 2. The zero-order chi connectivity index (χ0) is 13.1. The maximum absolute atomic E-state index is 10.8. The topological polar surface area (TPSA) is 74.6 Å². The van der Waals surface area contributed by atoms with Crippen LogP contribution in [0.3, 0.4) is 0 Å². The van der Waals surface area contributed by atoms with Gasteiger partial charge in [-0.25, -0.2) is 0 Å². The molecule has 0 saturated heterocycles. The molecule has 4 heteroatoms. The van der Waals surface area contributed by atoms with Crippen molar-refractivity contribution in [1.29, 1.82) is 0 Å². The van der Waals surface area contributed by atoms with Gasteiger partial charge in [-0.15, -0.1) is 0 Å². The first-order chi connectivity index (χ1) is 8.07. The summed E-state index contributed by atoms with van der Waals surface area (Å²) in [6, 6.07) is 0. The van der Waals surface area contributed by atoms with Gasteiger partial charge < -0.3 is 10.2 Å². The molecule has 0 amide bonds. The molecule has 0 bridgehead atoms. The molecule has 0 aromatic heterocycles. The third-order valence-electron chi connectivity index (χ3n) is 2.60. The van der Waals surface area contributed by atoms with Gasteiger partial charge in [0.25, 0.3) is 0 Å². The molecule has 1 unspecified atom stereocenters. The lowest BCUT2D eigenvalue weighted by molar-refractivity contribution is -0.148. The van der Waals surface area contributed by atoms with Crippen LogP contribution in [0.25, 0.3) is 0 Å². The number of hydrogen-bond donors (Lipinski definition) is 2. The summed E-state index contributed by atoms with van der Waals surface area (Å²) in [5.74, 6) is -2.78. The van der Waals surface area contributed by atoms with E-state index in [0.29, 0.717) is 6.42 Å². The van der Waals surface area contributed by atoms with Crippen molar-refractivity contribution < 1.29 is 19.8 Å². The van der Waals surface area contributed by atoms with Gasteiger partial charge in [0.15, 0.2) is 0 Å². The van der Waals surface area contributed by atoms with E-state index in [2.05, 4.69) is 19.1 Å². The lowest BCUT2D eigenvalue weighted by Crippen LogP contribution is -2.17. The van der Waals surface area contributed by atoms with Crippen LogP contribution in [-0.4, -0.2) is 22.2 Å². The normalized spacial score (nSPS) is 12.8. The fourth-order valence-electron chi connectivity index (χ4n) is 1.64. The number of carboxylic acid groups (broad SMARTS) is 2. The molecule has 17 heavy (non-hydrogen) atoms. The van der Waals surface area contributed by atoms with Gasteiger partial charge in [0.05, 0.1) is 12.3 Å². The number of carboxylic acids is 2. The molecule has 0 rings (SSSR count). The molecule has 0 saturated carbocycles. The largest absolute Gasteiger partial charge is 0.481 e. The molecule has 0 aromatic carbocycles. The second-order valence-corrected chi connectivity index (χ2v) is 4.15. The highest BCUT2D eigenvalue weighted by atomic mass is 16.4. The third-order valence-corrected chi connectivity index (χ3v) is 2.60. The van der Waals surface area contributed by atoms with Crippen molar-refractivity contribution in [2.24, 2.45) is 5.92 Å². The lowest BCUT2D eigenvalue weighted by Gasteiger charge is -2.08. The van der Waals surface area contributed by atoms with Gasteiger partial charge >= 0.3 is 11.9 Å². The maximum atomic E-state index is 10.8. The van der Waals surface area contributed by atoms with E-state index in [1.54, 1.807) is 0 Å². The minimum atomic E-state index is -1.04. The van der Waals surface area contributed by atoms with E-state index in [1.807, 2.05) is 0 Å². The van der Waals surface area contributed by atoms with E-state index < -0.39 is 17.9 Å². The summed E-state index contributed by atoms with van der Waals surface area (Å²) in [6.45, 7) is 2.08. The molecule has 0 radical (unpaired) electrons. The molecule has 98 valence electrons. The Labute approximate surface area is 102 Å². The summed E-state index contributed by atoms with van der Waals surface area (Å²) in [7, 11) is 0. The van der Waals surface area contributed by atoms with Crippen molar-refractivity contribution in [3.8, 4) is 0 Å². The van der Waals surface area contributed by atoms with E-state index in [-0.39, 0.29) is 6.42 Å². The molecule has 0 aliphatic heterocycles. The number of unbranched alkanes of at least 4 members (excludes halogenated alkanes) is 3. The standard InChI is InChI=1S/C13H22O4/c1-2-3-4-5-6-7-8-9-11(13(16)17)10-12(14)15/h3-4,11H,2,5-10H2,1H3,(H,14,15)(H,16,17)/b4-3+. The Bertz CT molecular complexity index is 258. The van der Waals surface area contributed by atoms with Crippen LogP contribution in [0, 0.1) is 5.92 Å². The minimum absolute atomic E-state index is 0.273. The van der Waals surface area contributed by atoms with Crippen LogP contribution in [0.1, 0.15) is 51.9 Å². The van der Waals surface area contributed by atoms with Gasteiger partial charge in [0.1, 0.15) is 0 Å². The molecule has 1 atom stereocenters. The third kappa shape index (κ3) is 9.60. The van der Waals surface area contributed by atoms with Crippen molar-refractivity contribution in [2.75, 3.05) is 0 Å². The lowest BCUT2D eigenvalue weighted by atomic mass is 9.97. The van der Waals surface area contributed by atoms with E-state index in [9.17, 15) is 9.59 Å². The maximum Gasteiger partial charge on any atom is 0.307 e. The number of aliphatic carboxylic acids is 2. The first-order valence-corrected chi connectivity index (χ1v) is 6.17. The van der Waals surface area contributed by atoms with Crippen LogP contribution in [0.4, 0.5) is 0 Å². The van der Waals surface area contributed by atoms with Crippen LogP contribution in [0.15, 0.2) is 12.2 Å². The molecule has 0 spiro atoms. The molecule has 0 aromatic rings. The highest BCUT2D eigenvalue weighted by Gasteiger charge is 2.19. The van der Waals surface area contributed by atoms with Crippen LogP contribution in [0.2, 0.25) is 0 Å². The predicted molar refractivity (Wildman–Crippen MR) is 65.9 cm³/mol. The summed E-state index contributed by atoms with van der Waals surface area (Å²) in [5, 5.41) is 17.4. The van der Waals surface area contributed by atoms with E-state index >= 15 is 0 Å². The Kier molecular flexibility index (Phi) is 9.11. The quantitative estimate of drug-likeness (QED) is 0.456. The SMILES string of the molecule is CC/C=C/CCCCCC(CC(=O)O)C(=O)O. The van der Waals surface area contributed by atoms with Crippen molar-refractivity contribution >= 4 is 11.9 Å². The first kappa shape index (κ1) is 15.7. The fraction of sp³-hybridized carbons (Fsp3) is 0.692. The van der Waals surface area contributed by atoms with E-state index in [1.165, 1.54) is 0 Å². The Morgan fingerprint density at radius 1 is 1.12 bits per heavy atom. The highest BCUT2D eigenvalue weighted by molar-refractivity contribution is 5.77. The van der Waals surface area contributed by atoms with Crippen LogP contribution >= 0.6 is 0 Å². The Morgan fingerprint density at radius 3 is 2.35 bits per heavy atom. The second-order valence-electron chi connectivity index (χ2n) is 4.15. The Hall–Kier alpha value is -1.32. The average molecular weight is 242 g/mol. The highest BCUT2D eigenvalue weighted by Crippen LogP contribution is 2.15. The number of rotatable bonds is 10. The van der Waals surface area contributed by atoms with Gasteiger partial charge in [-0.1, -0.05) is 31.9 Å². The number of hydrogen-bond acceptors (Lipinski definition) is 2. The molecule has 0 fully saturated rings. The molecule has 0 aliphatic rings. The zero-order valence-electron chi connectivity index (χ0n) is 10.4. The van der Waals surface area contributed by atoms with Crippen molar-refractivity contribution in [3.05, 3.63) is 12.2 Å². The average Bonchev–Trinajstić information content (AvgIpc) is 2.25. The second kappa shape index (κ2) is 9.87. The van der Waals surface area contributed by atoms with Crippen LogP contribution in [-0.2, 0) is 9.59 Å². The fourth-order valence-corrected chi connectivity index (χ4v) is 1.64. The molecular formula is C13H22O4. The molecule has 2 N–H and O–H groups in total. The van der Waals surface area contributed by atoms with Crippen molar-refractivity contribution in [3.63, 3.8) is 0 Å². The molecule has 0 aliphatic carbocycles. The molecule has 4 nitrogen and oxygen atoms in total. The summed E-state index contributed by atoms with van der Waals surface area (Å²) in [4.78, 5) is 21.2. The van der Waals surface area contributed by atoms with Crippen LogP contribution in [0.5, 0.6) is 0 Å². The molecular weight excluding hydrogens is 220 g/mol. The van der Waals surface area contributed by atoms with Gasteiger partial charge in [0, 0.05) is 0 Å². The van der Waals surface area contributed by atoms with Crippen molar-refractivity contribution in [2.45, 2.75) is 51.9 Å². The summed E-state index contributed by atoms with van der Waals surface area (Å²) >= 11 is 0. The zero-order valence-corrected chi connectivity index (χ0v) is 10.4. The van der Waals surface area contributed by atoms with E-state index in [4.69, 9.17) is 10.2 Å². The smallest absolute Gasteiger partial charge is 0.307 e. The summed E-state index contributed by atoms with van der Waals surface area (Å²) < 4.78 is 0. The Balaban J connectivity index is 3.65. The van der Waals surface area contributed by atoms with Gasteiger partial charge in [-0.05, 0) is 25.7 Å². The first-order valence-electron chi connectivity index (χ1n) is 6.17. The van der Waals surface area contributed by atoms with Gasteiger partial charge in [-0.2, -0.15) is 0 Å². The van der Waals surface area contributed by atoms with Gasteiger partial charge in [-0.3, -0.25) is 9.59 Å². The number of carbonyl (C=O) groups is 2. The Morgan fingerprint density at radius 2 is 1.82 bits per heavy atom. The predicted octanol–water partition coefficient (Wildman–Crippen LogP) is 3.08. The van der Waals surface area contributed by atoms with Crippen molar-refractivity contribution in [1.82, 2.24) is 0 Å². The monoisotopic (exact) mass is 242 g/mol. The van der Waals surface area contributed by atoms with E-state index in [0.717, 1.165) is 32.1 Å². The van der Waals surface area contributed by atoms with Gasteiger partial charge in [0.2, 0.25) is 0 Å². The minimum Gasteiger partial charge on any atom is -0.481 e. The summed E-state index contributed by atoms with van der Waals surface area (Å²) in [5.41, 5.74) is 0.